The summed E-state index contributed by atoms with van der Waals surface area (Å²) in [7, 11) is 0. The van der Waals surface area contributed by atoms with Crippen molar-refractivity contribution in [2.45, 2.75) is 12.5 Å². The lowest BCUT2D eigenvalue weighted by Crippen LogP contribution is -2.41. The van der Waals surface area contributed by atoms with Crippen LogP contribution in [0.3, 0.4) is 0 Å². The molecule has 1 aliphatic heterocycles. The maximum absolute atomic E-state index is 12.9. The van der Waals surface area contributed by atoms with Gasteiger partial charge in [-0.25, -0.2) is 4.79 Å². The Hall–Kier alpha value is -2.18. The molecule has 0 saturated carbocycles. The number of benzene rings is 2. The molecule has 2 aromatic carbocycles. The number of Topliss-reactive ketones (excluding diaryl/α,β-unsaturated/α-hetero) is 1. The van der Waals surface area contributed by atoms with E-state index in [1.54, 1.807) is 49.4 Å². The first-order chi connectivity index (χ1) is 11.8. The van der Waals surface area contributed by atoms with E-state index in [0.717, 1.165) is 4.90 Å². The van der Waals surface area contributed by atoms with Crippen LogP contribution < -0.4 is 5.32 Å². The molecule has 3 amide bonds. The fourth-order valence-electron chi connectivity index (χ4n) is 2.76. The average Bonchev–Trinajstić information content (AvgIpc) is 2.80. The number of nitrogens with one attached hydrogen (secondary N) is 1. The van der Waals surface area contributed by atoms with E-state index in [-0.39, 0.29) is 12.3 Å². The Morgan fingerprint density at radius 3 is 2.44 bits per heavy atom. The van der Waals surface area contributed by atoms with Crippen LogP contribution in [0.5, 0.6) is 0 Å². The van der Waals surface area contributed by atoms with E-state index >= 15 is 0 Å². The smallest absolute Gasteiger partial charge is 0.319 e. The van der Waals surface area contributed by atoms with Gasteiger partial charge < -0.3 is 5.32 Å². The second-order valence-electron chi connectivity index (χ2n) is 5.86. The van der Waals surface area contributed by atoms with E-state index in [9.17, 15) is 14.4 Å². The van der Waals surface area contributed by atoms with Crippen molar-refractivity contribution in [1.82, 2.24) is 10.2 Å². The van der Waals surface area contributed by atoms with E-state index in [1.807, 2.05) is 6.07 Å². The number of nitrogens with zero attached hydrogens (tertiary/aromatic N) is 1. The first kappa shape index (κ1) is 17.6. The highest BCUT2D eigenvalue weighted by molar-refractivity contribution is 9.10. The van der Waals surface area contributed by atoms with Crippen LogP contribution in [0.4, 0.5) is 4.79 Å². The summed E-state index contributed by atoms with van der Waals surface area (Å²) in [6, 6.07) is 12.9. The fraction of sp³-hybridized carbons (Fsp3) is 0.167. The zero-order valence-corrected chi connectivity index (χ0v) is 15.6. The Balaban J connectivity index is 1.85. The largest absolute Gasteiger partial charge is 0.325 e. The first-order valence-electron chi connectivity index (χ1n) is 7.51. The number of amides is 3. The Bertz CT molecular complexity index is 869. The molecule has 1 aliphatic rings. The van der Waals surface area contributed by atoms with E-state index in [2.05, 4.69) is 21.2 Å². The normalized spacial score (nSPS) is 19.9. The van der Waals surface area contributed by atoms with Crippen LogP contribution in [-0.4, -0.2) is 29.2 Å². The Morgan fingerprint density at radius 1 is 1.16 bits per heavy atom. The Morgan fingerprint density at radius 2 is 1.80 bits per heavy atom. The summed E-state index contributed by atoms with van der Waals surface area (Å²) in [6.45, 7) is 1.30. The Labute approximate surface area is 158 Å². The molecule has 5 nitrogen and oxygen atoms in total. The summed E-state index contributed by atoms with van der Waals surface area (Å²) in [5.41, 5.74) is -0.202. The molecule has 1 atom stereocenters. The molecule has 2 aromatic rings. The molecule has 7 heteroatoms. The second kappa shape index (κ2) is 6.61. The van der Waals surface area contributed by atoms with Gasteiger partial charge in [0, 0.05) is 20.6 Å². The van der Waals surface area contributed by atoms with Crippen molar-refractivity contribution in [2.75, 3.05) is 6.54 Å². The van der Waals surface area contributed by atoms with Crippen molar-refractivity contribution >= 4 is 45.3 Å². The van der Waals surface area contributed by atoms with Crippen molar-refractivity contribution < 1.29 is 14.4 Å². The minimum Gasteiger partial charge on any atom is -0.319 e. The van der Waals surface area contributed by atoms with Crippen LogP contribution in [0.25, 0.3) is 0 Å². The zero-order valence-electron chi connectivity index (χ0n) is 13.3. The highest BCUT2D eigenvalue weighted by atomic mass is 79.9. The van der Waals surface area contributed by atoms with Gasteiger partial charge in [-0.05, 0) is 37.3 Å². The van der Waals surface area contributed by atoms with Crippen LogP contribution in [0, 0.1) is 0 Å². The fourth-order valence-corrected chi connectivity index (χ4v) is 3.57. The molecular weight excluding hydrogens is 408 g/mol. The van der Waals surface area contributed by atoms with Gasteiger partial charge in [-0.1, -0.05) is 45.7 Å². The topological polar surface area (TPSA) is 66.5 Å². The quantitative estimate of drug-likeness (QED) is 0.604. The summed E-state index contributed by atoms with van der Waals surface area (Å²) >= 11 is 9.21. The van der Waals surface area contributed by atoms with Crippen LogP contribution in [0.2, 0.25) is 5.02 Å². The third-order valence-electron chi connectivity index (χ3n) is 4.16. The molecule has 1 heterocycles. The molecule has 0 bridgehead atoms. The number of rotatable bonds is 4. The molecule has 3 rings (SSSR count). The molecule has 1 N–H and O–H groups in total. The summed E-state index contributed by atoms with van der Waals surface area (Å²) in [4.78, 5) is 38.5. The molecule has 1 saturated heterocycles. The Kier molecular flexibility index (Phi) is 4.67. The molecule has 25 heavy (non-hydrogen) atoms. The highest BCUT2D eigenvalue weighted by Gasteiger charge is 2.50. The van der Waals surface area contributed by atoms with Gasteiger partial charge in [0.15, 0.2) is 5.78 Å². The molecule has 1 fully saturated rings. The summed E-state index contributed by atoms with van der Waals surface area (Å²) < 4.78 is 0.706. The SMILES string of the molecule is CC1(c2ccccc2Br)NC(=O)N(CC(=O)c2ccc(Cl)cc2)C1=O. The van der Waals surface area contributed by atoms with Gasteiger partial charge in [0.05, 0.1) is 6.54 Å². The lowest BCUT2D eigenvalue weighted by atomic mass is 9.92. The standard InChI is InChI=1S/C18H14BrClN2O3/c1-18(13-4-2-3-5-14(13)19)16(24)22(17(25)21-18)10-15(23)11-6-8-12(20)9-7-11/h2-9H,10H2,1H3,(H,21,25). The van der Waals surface area contributed by atoms with E-state index < -0.39 is 17.5 Å². The van der Waals surface area contributed by atoms with Crippen molar-refractivity contribution in [3.63, 3.8) is 0 Å². The van der Waals surface area contributed by atoms with Gasteiger partial charge in [0.1, 0.15) is 5.54 Å². The lowest BCUT2D eigenvalue weighted by Gasteiger charge is -2.23. The second-order valence-corrected chi connectivity index (χ2v) is 7.15. The number of carbonyl (C=O) groups is 3. The van der Waals surface area contributed by atoms with E-state index in [4.69, 9.17) is 11.6 Å². The van der Waals surface area contributed by atoms with E-state index in [1.165, 1.54) is 0 Å². The van der Waals surface area contributed by atoms with Crippen molar-refractivity contribution in [1.29, 1.82) is 0 Å². The summed E-state index contributed by atoms with van der Waals surface area (Å²) in [5.74, 6) is -0.803. The first-order valence-corrected chi connectivity index (χ1v) is 8.68. The molecule has 0 aromatic heterocycles. The van der Waals surface area contributed by atoms with Gasteiger partial charge >= 0.3 is 6.03 Å². The maximum Gasteiger partial charge on any atom is 0.325 e. The molecule has 0 radical (unpaired) electrons. The lowest BCUT2D eigenvalue weighted by molar-refractivity contribution is -0.130. The van der Waals surface area contributed by atoms with Gasteiger partial charge in [-0.3, -0.25) is 14.5 Å². The molecule has 0 spiro atoms. The van der Waals surface area contributed by atoms with Crippen molar-refractivity contribution in [3.8, 4) is 0 Å². The number of ketones is 1. The third kappa shape index (κ3) is 3.19. The number of imide groups is 1. The summed E-state index contributed by atoms with van der Waals surface area (Å²) in [6.07, 6.45) is 0. The van der Waals surface area contributed by atoms with Gasteiger partial charge in [-0.15, -0.1) is 0 Å². The molecule has 128 valence electrons. The van der Waals surface area contributed by atoms with E-state index in [0.29, 0.717) is 20.6 Å². The minimum absolute atomic E-state index is 0.327. The number of carbonyl (C=O) groups excluding carboxylic acids is 3. The maximum atomic E-state index is 12.9. The number of hydrogen-bond acceptors (Lipinski definition) is 3. The van der Waals surface area contributed by atoms with Gasteiger partial charge in [-0.2, -0.15) is 0 Å². The third-order valence-corrected chi connectivity index (χ3v) is 5.10. The number of halogens is 2. The predicted octanol–water partition coefficient (Wildman–Crippen LogP) is 3.75. The summed E-state index contributed by atoms with van der Waals surface area (Å²) in [5, 5.41) is 3.19. The molecule has 0 aliphatic carbocycles. The highest BCUT2D eigenvalue weighted by Crippen LogP contribution is 2.33. The van der Waals surface area contributed by atoms with Gasteiger partial charge in [0.25, 0.3) is 5.91 Å². The average molecular weight is 422 g/mol. The number of hydrogen-bond donors (Lipinski definition) is 1. The number of urea groups is 1. The predicted molar refractivity (Wildman–Crippen MR) is 97.5 cm³/mol. The molecule has 1 unspecified atom stereocenters. The van der Waals surface area contributed by atoms with Crippen molar-refractivity contribution in [2.24, 2.45) is 0 Å². The monoisotopic (exact) mass is 420 g/mol. The minimum atomic E-state index is -1.22. The van der Waals surface area contributed by atoms with Crippen molar-refractivity contribution in [3.05, 3.63) is 69.2 Å². The van der Waals surface area contributed by atoms with Crippen LogP contribution in [-0.2, 0) is 10.3 Å². The van der Waals surface area contributed by atoms with Crippen LogP contribution in [0.15, 0.2) is 53.0 Å². The molecular formula is C18H14BrClN2O3. The van der Waals surface area contributed by atoms with Crippen LogP contribution in [0.1, 0.15) is 22.8 Å². The van der Waals surface area contributed by atoms with Crippen LogP contribution >= 0.6 is 27.5 Å². The zero-order chi connectivity index (χ0) is 18.2. The van der Waals surface area contributed by atoms with Gasteiger partial charge in [0.2, 0.25) is 0 Å².